The van der Waals surface area contributed by atoms with Crippen LogP contribution in [0, 0.1) is 20.2 Å². The van der Waals surface area contributed by atoms with E-state index in [2.05, 4.69) is 20.8 Å². The number of nitrogens with zero attached hydrogens (tertiary/aromatic N) is 4. The first-order chi connectivity index (χ1) is 14.0. The minimum atomic E-state index is -0.764. The summed E-state index contributed by atoms with van der Waals surface area (Å²) < 4.78 is 5.42. The number of amides is 1. The van der Waals surface area contributed by atoms with Crippen LogP contribution in [0.3, 0.4) is 0 Å². The molecule has 0 saturated carbocycles. The van der Waals surface area contributed by atoms with Gasteiger partial charge in [-0.3, -0.25) is 35.9 Å². The molecular weight excluding hydrogens is 384 g/mol. The number of hydrogen-bond donors (Lipinski definition) is 2. The Morgan fingerprint density at radius 1 is 0.966 bits per heavy atom. The predicted octanol–water partition coefficient (Wildman–Crippen LogP) is 2.84. The molecule has 1 heterocycles. The molecule has 3 aromatic rings. The molecule has 0 bridgehead atoms. The van der Waals surface area contributed by atoms with Crippen molar-refractivity contribution < 1.29 is 19.4 Å². The molecule has 0 aliphatic rings. The molecule has 1 aromatic heterocycles. The third-order valence-corrected chi connectivity index (χ3v) is 3.54. The molecule has 0 unspecified atom stereocenters. The number of nitrogens with one attached hydrogen (secondary N) is 2. The van der Waals surface area contributed by atoms with Crippen molar-refractivity contribution in [2.45, 2.75) is 0 Å². The molecule has 29 heavy (non-hydrogen) atoms. The Labute approximate surface area is 162 Å². The maximum absolute atomic E-state index is 12.2. The van der Waals surface area contributed by atoms with Gasteiger partial charge in [0.2, 0.25) is 5.82 Å². The quantitative estimate of drug-likeness (QED) is 0.451. The van der Waals surface area contributed by atoms with E-state index < -0.39 is 21.4 Å². The number of hydrazine groups is 1. The number of anilines is 1. The summed E-state index contributed by atoms with van der Waals surface area (Å²) in [4.78, 5) is 40.6. The normalized spacial score (nSPS) is 10.1. The standard InChI is InChI=1S/C17H12N6O6/c24-16(11-5-4-6-12(9-11)22(25)26)21-20-15-14(23(27)28)17(19-10-18-15)29-13-7-2-1-3-8-13/h1-10H,(H,21,24)(H,18,19,20). The molecular formula is C17H12N6O6. The van der Waals surface area contributed by atoms with E-state index in [9.17, 15) is 25.0 Å². The zero-order valence-corrected chi connectivity index (χ0v) is 14.5. The smallest absolute Gasteiger partial charge is 0.374 e. The highest BCUT2D eigenvalue weighted by molar-refractivity contribution is 5.95. The van der Waals surface area contributed by atoms with Gasteiger partial charge in [0.25, 0.3) is 11.6 Å². The van der Waals surface area contributed by atoms with E-state index in [1.54, 1.807) is 30.3 Å². The van der Waals surface area contributed by atoms with Crippen molar-refractivity contribution in [3.63, 3.8) is 0 Å². The summed E-state index contributed by atoms with van der Waals surface area (Å²) >= 11 is 0. The summed E-state index contributed by atoms with van der Waals surface area (Å²) in [6.07, 6.45) is 1.02. The van der Waals surface area contributed by atoms with Crippen molar-refractivity contribution in [3.8, 4) is 11.6 Å². The van der Waals surface area contributed by atoms with E-state index in [0.29, 0.717) is 5.75 Å². The molecule has 2 aromatic carbocycles. The van der Waals surface area contributed by atoms with Crippen LogP contribution >= 0.6 is 0 Å². The molecule has 0 fully saturated rings. The second-order valence-corrected chi connectivity index (χ2v) is 5.43. The molecule has 12 nitrogen and oxygen atoms in total. The van der Waals surface area contributed by atoms with Crippen LogP contribution in [0.15, 0.2) is 60.9 Å². The summed E-state index contributed by atoms with van der Waals surface area (Å²) in [6, 6.07) is 13.3. The number of nitro benzene ring substituents is 1. The van der Waals surface area contributed by atoms with Crippen molar-refractivity contribution in [2.75, 3.05) is 5.43 Å². The van der Waals surface area contributed by atoms with Gasteiger partial charge in [-0.05, 0) is 18.2 Å². The highest BCUT2D eigenvalue weighted by Gasteiger charge is 2.25. The van der Waals surface area contributed by atoms with Crippen molar-refractivity contribution in [2.24, 2.45) is 0 Å². The van der Waals surface area contributed by atoms with Crippen molar-refractivity contribution >= 4 is 23.1 Å². The molecule has 0 atom stereocenters. The lowest BCUT2D eigenvalue weighted by molar-refractivity contribution is -0.385. The Bertz CT molecular complexity index is 1080. The van der Waals surface area contributed by atoms with Gasteiger partial charge in [-0.15, -0.1) is 0 Å². The number of para-hydroxylation sites is 1. The fourth-order valence-electron chi connectivity index (χ4n) is 2.24. The summed E-state index contributed by atoms with van der Waals surface area (Å²) in [6.45, 7) is 0. The minimum absolute atomic E-state index is 0.0239. The second kappa shape index (κ2) is 8.39. The van der Waals surface area contributed by atoms with E-state index in [4.69, 9.17) is 4.74 Å². The molecule has 1 amide bonds. The molecule has 0 aliphatic heterocycles. The first-order valence-electron chi connectivity index (χ1n) is 7.99. The molecule has 12 heteroatoms. The van der Waals surface area contributed by atoms with E-state index in [1.807, 2.05) is 0 Å². The van der Waals surface area contributed by atoms with Crippen LogP contribution < -0.4 is 15.6 Å². The van der Waals surface area contributed by atoms with Gasteiger partial charge in [0.1, 0.15) is 12.1 Å². The molecule has 0 saturated heterocycles. The third kappa shape index (κ3) is 4.57. The monoisotopic (exact) mass is 396 g/mol. The number of nitro groups is 2. The summed E-state index contributed by atoms with van der Waals surface area (Å²) in [7, 11) is 0. The molecule has 0 spiro atoms. The van der Waals surface area contributed by atoms with Gasteiger partial charge in [-0.1, -0.05) is 24.3 Å². The number of hydrogen-bond acceptors (Lipinski definition) is 9. The number of carbonyl (C=O) groups is 1. The minimum Gasteiger partial charge on any atom is -0.434 e. The van der Waals surface area contributed by atoms with Crippen LogP contribution in [-0.4, -0.2) is 25.7 Å². The Balaban J connectivity index is 1.81. The highest BCUT2D eigenvalue weighted by Crippen LogP contribution is 2.33. The second-order valence-electron chi connectivity index (χ2n) is 5.43. The van der Waals surface area contributed by atoms with Crippen LogP contribution in [-0.2, 0) is 0 Å². The average Bonchev–Trinajstić information content (AvgIpc) is 2.72. The maximum atomic E-state index is 12.2. The maximum Gasteiger partial charge on any atom is 0.374 e. The average molecular weight is 396 g/mol. The lowest BCUT2D eigenvalue weighted by atomic mass is 10.2. The third-order valence-electron chi connectivity index (χ3n) is 3.54. The number of benzene rings is 2. The summed E-state index contributed by atoms with van der Waals surface area (Å²) in [5.41, 5.74) is 3.63. The van der Waals surface area contributed by atoms with Crippen LogP contribution in [0.2, 0.25) is 0 Å². The number of non-ortho nitro benzene ring substituents is 1. The Morgan fingerprint density at radius 2 is 1.72 bits per heavy atom. The van der Waals surface area contributed by atoms with Crippen molar-refractivity contribution in [1.82, 2.24) is 15.4 Å². The van der Waals surface area contributed by atoms with Gasteiger partial charge in [-0.25, -0.2) is 4.98 Å². The van der Waals surface area contributed by atoms with E-state index in [-0.39, 0.29) is 22.9 Å². The number of rotatable bonds is 7. The Morgan fingerprint density at radius 3 is 2.41 bits per heavy atom. The van der Waals surface area contributed by atoms with Gasteiger partial charge in [0, 0.05) is 17.7 Å². The Hall–Kier alpha value is -4.61. The van der Waals surface area contributed by atoms with E-state index >= 15 is 0 Å². The largest absolute Gasteiger partial charge is 0.434 e. The zero-order chi connectivity index (χ0) is 20.8. The van der Waals surface area contributed by atoms with Gasteiger partial charge in [0.05, 0.1) is 9.85 Å². The summed E-state index contributed by atoms with van der Waals surface area (Å²) in [5, 5.41) is 22.3. The van der Waals surface area contributed by atoms with E-state index in [0.717, 1.165) is 12.4 Å². The van der Waals surface area contributed by atoms with Gasteiger partial charge in [-0.2, -0.15) is 4.98 Å². The van der Waals surface area contributed by atoms with Gasteiger partial charge >= 0.3 is 11.6 Å². The van der Waals surface area contributed by atoms with E-state index in [1.165, 1.54) is 18.2 Å². The van der Waals surface area contributed by atoms with Crippen LogP contribution in [0.25, 0.3) is 0 Å². The van der Waals surface area contributed by atoms with Crippen LogP contribution in [0.4, 0.5) is 17.2 Å². The fraction of sp³-hybridized carbons (Fsp3) is 0. The zero-order valence-electron chi connectivity index (χ0n) is 14.5. The lowest BCUT2D eigenvalue weighted by Crippen LogP contribution is -2.30. The lowest BCUT2D eigenvalue weighted by Gasteiger charge is -2.10. The highest BCUT2D eigenvalue weighted by atomic mass is 16.6. The number of aromatic nitrogens is 2. The predicted molar refractivity (Wildman–Crippen MR) is 99.4 cm³/mol. The molecule has 2 N–H and O–H groups in total. The molecule has 3 rings (SSSR count). The topological polar surface area (TPSA) is 162 Å². The van der Waals surface area contributed by atoms with Crippen molar-refractivity contribution in [1.29, 1.82) is 0 Å². The summed E-state index contributed by atoms with van der Waals surface area (Å²) in [5.74, 6) is -1.09. The first kappa shape index (κ1) is 19.2. The van der Waals surface area contributed by atoms with Gasteiger partial charge in [0.15, 0.2) is 0 Å². The SMILES string of the molecule is O=C(NNc1ncnc(Oc2ccccc2)c1[N+](=O)[O-])c1cccc([N+](=O)[O-])c1. The number of carbonyl (C=O) groups excluding carboxylic acids is 1. The van der Waals surface area contributed by atoms with Crippen molar-refractivity contribution in [3.05, 3.63) is 86.7 Å². The fourth-order valence-corrected chi connectivity index (χ4v) is 2.24. The first-order valence-corrected chi connectivity index (χ1v) is 7.99. The van der Waals surface area contributed by atoms with Crippen LogP contribution in [0.1, 0.15) is 10.4 Å². The van der Waals surface area contributed by atoms with Gasteiger partial charge < -0.3 is 4.74 Å². The molecule has 146 valence electrons. The van der Waals surface area contributed by atoms with Crippen LogP contribution in [0.5, 0.6) is 11.6 Å². The molecule has 0 aliphatic carbocycles. The number of ether oxygens (including phenoxy) is 1. The molecule has 0 radical (unpaired) electrons. The Kier molecular flexibility index (Phi) is 5.54.